The summed E-state index contributed by atoms with van der Waals surface area (Å²) >= 11 is 0. The lowest BCUT2D eigenvalue weighted by Gasteiger charge is -2.26. The molecule has 120 valence electrons. The number of fused-ring (bicyclic) bond motifs is 1. The van der Waals surface area contributed by atoms with Gasteiger partial charge in [-0.05, 0) is 66.0 Å². The summed E-state index contributed by atoms with van der Waals surface area (Å²) in [7, 11) is 0. The molecule has 1 aliphatic rings. The van der Waals surface area contributed by atoms with E-state index in [-0.39, 0.29) is 23.1 Å². The van der Waals surface area contributed by atoms with Crippen molar-refractivity contribution in [1.82, 2.24) is 0 Å². The molecule has 0 aliphatic heterocycles. The van der Waals surface area contributed by atoms with Gasteiger partial charge in [0.1, 0.15) is 11.6 Å². The van der Waals surface area contributed by atoms with Crippen LogP contribution in [0.25, 0.3) is 6.08 Å². The molecule has 2 heteroatoms. The lowest BCUT2D eigenvalue weighted by Crippen LogP contribution is -2.16. The van der Waals surface area contributed by atoms with Crippen molar-refractivity contribution in [3.63, 3.8) is 0 Å². The molecule has 0 spiro atoms. The lowest BCUT2D eigenvalue weighted by molar-refractivity contribution is 0.489. The first-order valence-electron chi connectivity index (χ1n) is 8.34. The number of aryl methyl sites for hydroxylation is 2. The highest BCUT2D eigenvalue weighted by molar-refractivity contribution is 5.51. The number of benzene rings is 2. The maximum absolute atomic E-state index is 14.5. The Morgan fingerprint density at radius 1 is 1.13 bits per heavy atom. The van der Waals surface area contributed by atoms with Crippen molar-refractivity contribution in [3.05, 3.63) is 76.4 Å². The van der Waals surface area contributed by atoms with Gasteiger partial charge >= 0.3 is 0 Å². The molecule has 2 aromatic carbocycles. The maximum Gasteiger partial charge on any atom is 0.129 e. The van der Waals surface area contributed by atoms with Crippen LogP contribution >= 0.6 is 0 Å². The standard InChI is InChI=1S/C21H22F2/c1-3-5-15-11-19(22)21(20(23)12-15)18-9-8-16-10-14(4-2)6-7-17(16)13-18/h4,6-7,10-12,18H,2-3,5,8-9,13H2,1H3. The summed E-state index contributed by atoms with van der Waals surface area (Å²) in [6, 6.07) is 9.25. The van der Waals surface area contributed by atoms with Crippen LogP contribution in [-0.4, -0.2) is 0 Å². The molecular formula is C21H22F2. The van der Waals surface area contributed by atoms with Gasteiger partial charge in [0.25, 0.3) is 0 Å². The van der Waals surface area contributed by atoms with Crippen molar-refractivity contribution in [2.24, 2.45) is 0 Å². The van der Waals surface area contributed by atoms with Crippen molar-refractivity contribution < 1.29 is 8.78 Å². The molecule has 2 aromatic rings. The number of hydrogen-bond donors (Lipinski definition) is 0. The van der Waals surface area contributed by atoms with Gasteiger partial charge in [-0.1, -0.05) is 44.2 Å². The molecule has 0 N–H and O–H groups in total. The SMILES string of the molecule is C=Cc1ccc2c(c1)CCC(c1c(F)cc(CCC)cc1F)C2. The normalized spacial score (nSPS) is 16.9. The van der Waals surface area contributed by atoms with E-state index < -0.39 is 0 Å². The number of halogens is 2. The van der Waals surface area contributed by atoms with E-state index in [0.29, 0.717) is 12.8 Å². The Morgan fingerprint density at radius 2 is 1.87 bits per heavy atom. The summed E-state index contributed by atoms with van der Waals surface area (Å²) in [5.74, 6) is -0.845. The Kier molecular flexibility index (Phi) is 4.61. The summed E-state index contributed by atoms with van der Waals surface area (Å²) in [5, 5.41) is 0. The maximum atomic E-state index is 14.5. The fourth-order valence-electron chi connectivity index (χ4n) is 3.61. The van der Waals surface area contributed by atoms with Gasteiger partial charge in [0, 0.05) is 5.56 Å². The Morgan fingerprint density at radius 3 is 2.52 bits per heavy atom. The van der Waals surface area contributed by atoms with E-state index in [1.807, 2.05) is 19.1 Å². The fraction of sp³-hybridized carbons (Fsp3) is 0.333. The second kappa shape index (κ2) is 6.66. The molecule has 0 saturated carbocycles. The van der Waals surface area contributed by atoms with Gasteiger partial charge in [-0.3, -0.25) is 0 Å². The zero-order chi connectivity index (χ0) is 16.4. The minimum absolute atomic E-state index is 0.0762. The quantitative estimate of drug-likeness (QED) is 0.666. The first-order chi connectivity index (χ1) is 11.1. The van der Waals surface area contributed by atoms with Crippen LogP contribution in [0.2, 0.25) is 0 Å². The van der Waals surface area contributed by atoms with Crippen molar-refractivity contribution in [2.45, 2.75) is 44.9 Å². The lowest BCUT2D eigenvalue weighted by atomic mass is 9.79. The fourth-order valence-corrected chi connectivity index (χ4v) is 3.61. The minimum Gasteiger partial charge on any atom is -0.207 e. The van der Waals surface area contributed by atoms with E-state index in [2.05, 4.69) is 18.7 Å². The zero-order valence-electron chi connectivity index (χ0n) is 13.5. The molecular weight excluding hydrogens is 290 g/mol. The molecule has 0 heterocycles. The zero-order valence-corrected chi connectivity index (χ0v) is 13.5. The molecule has 0 bridgehead atoms. The molecule has 0 fully saturated rings. The summed E-state index contributed by atoms with van der Waals surface area (Å²) < 4.78 is 28.9. The van der Waals surface area contributed by atoms with Crippen LogP contribution in [0.5, 0.6) is 0 Å². The molecule has 0 saturated heterocycles. The van der Waals surface area contributed by atoms with Crippen LogP contribution in [0.15, 0.2) is 36.9 Å². The van der Waals surface area contributed by atoms with Crippen molar-refractivity contribution in [2.75, 3.05) is 0 Å². The minimum atomic E-state index is -0.385. The molecule has 0 radical (unpaired) electrons. The molecule has 1 aliphatic carbocycles. The molecule has 23 heavy (non-hydrogen) atoms. The molecule has 0 nitrogen and oxygen atoms in total. The first-order valence-corrected chi connectivity index (χ1v) is 8.34. The van der Waals surface area contributed by atoms with E-state index >= 15 is 0 Å². The summed E-state index contributed by atoms with van der Waals surface area (Å²) in [6.45, 7) is 5.80. The van der Waals surface area contributed by atoms with Gasteiger partial charge in [0.05, 0.1) is 0 Å². The monoisotopic (exact) mass is 312 g/mol. The van der Waals surface area contributed by atoms with Crippen molar-refractivity contribution in [3.8, 4) is 0 Å². The second-order valence-electron chi connectivity index (χ2n) is 6.40. The summed E-state index contributed by atoms with van der Waals surface area (Å²) in [4.78, 5) is 0. The topological polar surface area (TPSA) is 0 Å². The van der Waals surface area contributed by atoms with E-state index in [0.717, 1.165) is 30.4 Å². The molecule has 1 atom stereocenters. The Bertz CT molecular complexity index is 708. The number of hydrogen-bond acceptors (Lipinski definition) is 0. The average molecular weight is 312 g/mol. The van der Waals surface area contributed by atoms with E-state index in [1.165, 1.54) is 23.3 Å². The largest absolute Gasteiger partial charge is 0.207 e. The third-order valence-electron chi connectivity index (χ3n) is 4.78. The van der Waals surface area contributed by atoms with Gasteiger partial charge in [0.2, 0.25) is 0 Å². The first kappa shape index (κ1) is 15.9. The van der Waals surface area contributed by atoms with Crippen molar-refractivity contribution in [1.29, 1.82) is 0 Å². The van der Waals surface area contributed by atoms with Crippen LogP contribution in [0, 0.1) is 11.6 Å². The van der Waals surface area contributed by atoms with Crippen LogP contribution in [0.3, 0.4) is 0 Å². The highest BCUT2D eigenvalue weighted by atomic mass is 19.1. The van der Waals surface area contributed by atoms with Gasteiger partial charge in [-0.15, -0.1) is 0 Å². The predicted molar refractivity (Wildman–Crippen MR) is 91.7 cm³/mol. The summed E-state index contributed by atoms with van der Waals surface area (Å²) in [6.07, 6.45) is 5.78. The van der Waals surface area contributed by atoms with Crippen molar-refractivity contribution >= 4 is 6.08 Å². The van der Waals surface area contributed by atoms with Gasteiger partial charge in [-0.25, -0.2) is 8.78 Å². The Balaban J connectivity index is 1.90. The number of rotatable bonds is 4. The van der Waals surface area contributed by atoms with Crippen LogP contribution in [0.1, 0.15) is 53.5 Å². The summed E-state index contributed by atoms with van der Waals surface area (Å²) in [5.41, 5.74) is 4.59. The van der Waals surface area contributed by atoms with E-state index in [1.54, 1.807) is 0 Å². The Hall–Kier alpha value is -1.96. The predicted octanol–water partition coefficient (Wildman–Crippen LogP) is 5.83. The van der Waals surface area contributed by atoms with Gasteiger partial charge in [-0.2, -0.15) is 0 Å². The van der Waals surface area contributed by atoms with E-state index in [9.17, 15) is 8.78 Å². The molecule has 1 unspecified atom stereocenters. The molecule has 0 aromatic heterocycles. The molecule has 3 rings (SSSR count). The average Bonchev–Trinajstić information content (AvgIpc) is 2.54. The smallest absolute Gasteiger partial charge is 0.129 e. The third-order valence-corrected chi connectivity index (χ3v) is 4.78. The second-order valence-corrected chi connectivity index (χ2v) is 6.40. The highest BCUT2D eigenvalue weighted by Gasteiger charge is 2.25. The Labute approximate surface area is 136 Å². The van der Waals surface area contributed by atoms with E-state index in [4.69, 9.17) is 0 Å². The van der Waals surface area contributed by atoms with Gasteiger partial charge in [0.15, 0.2) is 0 Å². The van der Waals surface area contributed by atoms with Crippen LogP contribution in [0.4, 0.5) is 8.78 Å². The van der Waals surface area contributed by atoms with Crippen LogP contribution in [-0.2, 0) is 19.3 Å². The van der Waals surface area contributed by atoms with Gasteiger partial charge < -0.3 is 0 Å². The van der Waals surface area contributed by atoms with Crippen LogP contribution < -0.4 is 0 Å². The highest BCUT2D eigenvalue weighted by Crippen LogP contribution is 2.36. The molecule has 0 amide bonds. The third kappa shape index (κ3) is 3.21.